The molecule has 16 heavy (non-hydrogen) atoms. The number of anilines is 2. The van der Waals surface area contributed by atoms with Gasteiger partial charge in [0.15, 0.2) is 5.75 Å². The third kappa shape index (κ3) is 1.94. The molecule has 0 radical (unpaired) electrons. The van der Waals surface area contributed by atoms with E-state index in [-0.39, 0.29) is 5.41 Å². The van der Waals surface area contributed by atoms with Crippen LogP contribution in [0.25, 0.3) is 0 Å². The molecule has 1 heterocycles. The van der Waals surface area contributed by atoms with Crippen molar-refractivity contribution in [3.8, 4) is 5.75 Å². The van der Waals surface area contributed by atoms with Gasteiger partial charge in [0.05, 0.1) is 17.4 Å². The van der Waals surface area contributed by atoms with Crippen LogP contribution >= 0.6 is 0 Å². The number of nitrogens with one attached hydrogen (secondary N) is 1. The molecule has 0 spiro atoms. The van der Waals surface area contributed by atoms with Crippen molar-refractivity contribution in [2.75, 3.05) is 17.7 Å². The van der Waals surface area contributed by atoms with E-state index in [0.717, 1.165) is 17.1 Å². The summed E-state index contributed by atoms with van der Waals surface area (Å²) in [5.74, 6) is 0.797. The minimum Gasteiger partial charge on any atom is -0.487 e. The van der Waals surface area contributed by atoms with Gasteiger partial charge in [0.1, 0.15) is 6.61 Å². The molecule has 2 rings (SSSR count). The van der Waals surface area contributed by atoms with Gasteiger partial charge in [-0.3, -0.25) is 0 Å². The maximum atomic E-state index is 6.02. The molecule has 0 fully saturated rings. The van der Waals surface area contributed by atoms with E-state index in [4.69, 9.17) is 10.5 Å². The van der Waals surface area contributed by atoms with E-state index >= 15 is 0 Å². The molecule has 88 valence electrons. The number of nitrogens with two attached hydrogens (primary N) is 1. The number of rotatable bonds is 0. The van der Waals surface area contributed by atoms with Gasteiger partial charge in [-0.15, -0.1) is 0 Å². The van der Waals surface area contributed by atoms with Crippen molar-refractivity contribution in [1.82, 2.24) is 0 Å². The Morgan fingerprint density at radius 3 is 2.69 bits per heavy atom. The first kappa shape index (κ1) is 11.1. The van der Waals surface area contributed by atoms with Crippen molar-refractivity contribution in [2.24, 2.45) is 0 Å². The molecule has 1 unspecified atom stereocenters. The summed E-state index contributed by atoms with van der Waals surface area (Å²) in [4.78, 5) is 0. The summed E-state index contributed by atoms with van der Waals surface area (Å²) in [6.07, 6.45) is 0. The Morgan fingerprint density at radius 2 is 2.06 bits per heavy atom. The predicted octanol–water partition coefficient (Wildman–Crippen LogP) is 2.76. The molecule has 0 aliphatic carbocycles. The second kappa shape index (κ2) is 3.58. The van der Waals surface area contributed by atoms with Gasteiger partial charge in [-0.05, 0) is 30.0 Å². The number of fused-ring (bicyclic) bond motifs is 1. The van der Waals surface area contributed by atoms with E-state index < -0.39 is 0 Å². The highest BCUT2D eigenvalue weighted by Gasteiger charge is 2.22. The summed E-state index contributed by atoms with van der Waals surface area (Å²) < 4.78 is 5.65. The van der Waals surface area contributed by atoms with E-state index in [2.05, 4.69) is 39.1 Å². The quantitative estimate of drug-likeness (QED) is 0.661. The summed E-state index contributed by atoms with van der Waals surface area (Å²) >= 11 is 0. The highest BCUT2D eigenvalue weighted by atomic mass is 16.5. The highest BCUT2D eigenvalue weighted by molar-refractivity contribution is 5.72. The van der Waals surface area contributed by atoms with Gasteiger partial charge in [0.2, 0.25) is 0 Å². The molecule has 0 saturated carbocycles. The zero-order valence-corrected chi connectivity index (χ0v) is 10.4. The van der Waals surface area contributed by atoms with Crippen LogP contribution in [0.3, 0.4) is 0 Å². The number of hydrogen-bond acceptors (Lipinski definition) is 3. The standard InChI is InChI=1S/C13H20N2O/c1-8-7-16-12-10(14)5-9(13(2,3)4)6-11(12)15-8/h5-6,8,15H,7,14H2,1-4H3. The van der Waals surface area contributed by atoms with E-state index in [0.29, 0.717) is 12.6 Å². The maximum absolute atomic E-state index is 6.02. The molecule has 3 N–H and O–H groups in total. The fourth-order valence-corrected chi connectivity index (χ4v) is 1.87. The number of benzene rings is 1. The summed E-state index contributed by atoms with van der Waals surface area (Å²) in [5.41, 5.74) is 9.09. The summed E-state index contributed by atoms with van der Waals surface area (Å²) in [7, 11) is 0. The molecule has 0 bridgehead atoms. The predicted molar refractivity (Wildman–Crippen MR) is 68.1 cm³/mol. The van der Waals surface area contributed by atoms with E-state index in [9.17, 15) is 0 Å². The van der Waals surface area contributed by atoms with Crippen molar-refractivity contribution < 1.29 is 4.74 Å². The van der Waals surface area contributed by atoms with Crippen molar-refractivity contribution in [3.05, 3.63) is 17.7 Å². The minimum atomic E-state index is 0.103. The fourth-order valence-electron chi connectivity index (χ4n) is 1.87. The first-order valence-electron chi connectivity index (χ1n) is 5.71. The average Bonchev–Trinajstić information content (AvgIpc) is 2.15. The Morgan fingerprint density at radius 1 is 1.38 bits per heavy atom. The molecule has 3 heteroatoms. The Balaban J connectivity index is 2.48. The molecular weight excluding hydrogens is 200 g/mol. The molecule has 0 amide bonds. The van der Waals surface area contributed by atoms with Gasteiger partial charge in [0.25, 0.3) is 0 Å². The van der Waals surface area contributed by atoms with Crippen molar-refractivity contribution >= 4 is 11.4 Å². The lowest BCUT2D eigenvalue weighted by Gasteiger charge is -2.29. The number of ether oxygens (including phenoxy) is 1. The third-order valence-electron chi connectivity index (χ3n) is 2.86. The summed E-state index contributed by atoms with van der Waals surface area (Å²) in [5, 5.41) is 3.41. The van der Waals surface area contributed by atoms with E-state index in [1.54, 1.807) is 0 Å². The first-order chi connectivity index (χ1) is 7.38. The Labute approximate surface area is 97.0 Å². The van der Waals surface area contributed by atoms with Gasteiger partial charge in [-0.2, -0.15) is 0 Å². The second-order valence-corrected chi connectivity index (χ2v) is 5.55. The van der Waals surface area contributed by atoms with Gasteiger partial charge in [-0.1, -0.05) is 20.8 Å². The lowest BCUT2D eigenvalue weighted by Crippen LogP contribution is -2.29. The molecule has 1 aromatic rings. The fraction of sp³-hybridized carbons (Fsp3) is 0.538. The van der Waals surface area contributed by atoms with Crippen LogP contribution in [0.15, 0.2) is 12.1 Å². The Kier molecular flexibility index (Phi) is 2.49. The molecule has 1 atom stereocenters. The van der Waals surface area contributed by atoms with Gasteiger partial charge < -0.3 is 15.8 Å². The minimum absolute atomic E-state index is 0.103. The normalized spacial score (nSPS) is 19.6. The van der Waals surface area contributed by atoms with Crippen LogP contribution in [0.2, 0.25) is 0 Å². The average molecular weight is 220 g/mol. The van der Waals surface area contributed by atoms with Gasteiger partial charge >= 0.3 is 0 Å². The Bertz CT molecular complexity index is 407. The number of hydrogen-bond donors (Lipinski definition) is 2. The summed E-state index contributed by atoms with van der Waals surface area (Å²) in [6, 6.07) is 4.49. The lowest BCUT2D eigenvalue weighted by atomic mass is 9.86. The second-order valence-electron chi connectivity index (χ2n) is 5.55. The molecule has 1 aromatic carbocycles. The molecule has 3 nitrogen and oxygen atoms in total. The van der Waals surface area contributed by atoms with Crippen LogP contribution in [0.1, 0.15) is 33.3 Å². The van der Waals surface area contributed by atoms with E-state index in [1.165, 1.54) is 5.56 Å². The van der Waals surface area contributed by atoms with Crippen LogP contribution in [-0.4, -0.2) is 12.6 Å². The van der Waals surface area contributed by atoms with Crippen LogP contribution in [-0.2, 0) is 5.41 Å². The highest BCUT2D eigenvalue weighted by Crippen LogP contribution is 2.39. The molecular formula is C13H20N2O. The van der Waals surface area contributed by atoms with E-state index in [1.807, 2.05) is 6.07 Å². The zero-order valence-electron chi connectivity index (χ0n) is 10.4. The van der Waals surface area contributed by atoms with Crippen molar-refractivity contribution in [3.63, 3.8) is 0 Å². The van der Waals surface area contributed by atoms with Crippen LogP contribution in [0, 0.1) is 0 Å². The van der Waals surface area contributed by atoms with Gasteiger partial charge in [0, 0.05) is 0 Å². The third-order valence-corrected chi connectivity index (χ3v) is 2.86. The zero-order chi connectivity index (χ0) is 11.9. The first-order valence-corrected chi connectivity index (χ1v) is 5.71. The monoisotopic (exact) mass is 220 g/mol. The maximum Gasteiger partial charge on any atom is 0.165 e. The largest absolute Gasteiger partial charge is 0.487 e. The SMILES string of the molecule is CC1COc2c(N)cc(C(C)(C)C)cc2N1. The molecule has 0 saturated heterocycles. The molecule has 0 aromatic heterocycles. The van der Waals surface area contributed by atoms with Crippen LogP contribution < -0.4 is 15.8 Å². The smallest absolute Gasteiger partial charge is 0.165 e. The van der Waals surface area contributed by atoms with Gasteiger partial charge in [-0.25, -0.2) is 0 Å². The topological polar surface area (TPSA) is 47.3 Å². The number of nitrogen functional groups attached to an aromatic ring is 1. The van der Waals surface area contributed by atoms with Crippen molar-refractivity contribution in [1.29, 1.82) is 0 Å². The van der Waals surface area contributed by atoms with Crippen LogP contribution in [0.5, 0.6) is 5.75 Å². The molecule has 1 aliphatic rings. The lowest BCUT2D eigenvalue weighted by molar-refractivity contribution is 0.293. The Hall–Kier alpha value is -1.38. The molecule has 1 aliphatic heterocycles. The summed E-state index contributed by atoms with van der Waals surface area (Å²) in [6.45, 7) is 9.32. The van der Waals surface area contributed by atoms with Crippen molar-refractivity contribution in [2.45, 2.75) is 39.2 Å². The van der Waals surface area contributed by atoms with Crippen LogP contribution in [0.4, 0.5) is 11.4 Å².